The molecule has 0 atom stereocenters. The summed E-state index contributed by atoms with van der Waals surface area (Å²) in [5.74, 6) is 0. The second-order valence-corrected chi connectivity index (χ2v) is 7.33. The van der Waals surface area contributed by atoms with Crippen LogP contribution in [0.25, 0.3) is 0 Å². The lowest BCUT2D eigenvalue weighted by Gasteiger charge is -2.25. The van der Waals surface area contributed by atoms with Gasteiger partial charge in [0.05, 0.1) is 0 Å². The van der Waals surface area contributed by atoms with Crippen LogP contribution in [0.1, 0.15) is 51.4 Å². The van der Waals surface area contributed by atoms with Gasteiger partial charge in [-0.3, -0.25) is 0 Å². The smallest absolute Gasteiger partial charge is 0.0209 e. The van der Waals surface area contributed by atoms with Crippen LogP contribution >= 0.6 is 7.92 Å². The van der Waals surface area contributed by atoms with Crippen LogP contribution < -0.4 is 0 Å². The lowest BCUT2D eigenvalue weighted by Crippen LogP contribution is -2.08. The van der Waals surface area contributed by atoms with Crippen molar-refractivity contribution in [2.75, 3.05) is 6.66 Å². The van der Waals surface area contributed by atoms with E-state index in [1.807, 2.05) is 0 Å². The lowest BCUT2D eigenvalue weighted by atomic mass is 10.4. The van der Waals surface area contributed by atoms with Crippen molar-refractivity contribution >= 4 is 7.92 Å². The summed E-state index contributed by atoms with van der Waals surface area (Å²) in [4.78, 5) is 0. The van der Waals surface area contributed by atoms with Gasteiger partial charge in [0.2, 0.25) is 0 Å². The van der Waals surface area contributed by atoms with Gasteiger partial charge >= 0.3 is 0 Å². The number of rotatable bonds is 2. The Morgan fingerprint density at radius 2 is 1.08 bits per heavy atom. The van der Waals surface area contributed by atoms with Crippen molar-refractivity contribution in [1.82, 2.24) is 0 Å². The summed E-state index contributed by atoms with van der Waals surface area (Å²) < 4.78 is 0. The minimum absolute atomic E-state index is 0.417. The standard InChI is InChI=1S/C11H21P/c1-12(10-6-2-3-7-10)11-8-4-5-9-11/h10-11H,2-9H2,1H3. The van der Waals surface area contributed by atoms with Crippen molar-refractivity contribution in [3.8, 4) is 0 Å². The average molecular weight is 184 g/mol. The summed E-state index contributed by atoms with van der Waals surface area (Å²) in [6.07, 6.45) is 12.4. The fourth-order valence-electron chi connectivity index (χ4n) is 2.92. The first kappa shape index (κ1) is 9.00. The quantitative estimate of drug-likeness (QED) is 0.569. The summed E-state index contributed by atoms with van der Waals surface area (Å²) in [5.41, 5.74) is 2.34. The Balaban J connectivity index is 1.84. The first-order chi connectivity index (χ1) is 5.88. The van der Waals surface area contributed by atoms with Crippen LogP contribution in [0.2, 0.25) is 0 Å². The molecule has 0 aliphatic heterocycles. The van der Waals surface area contributed by atoms with Crippen LogP contribution in [-0.2, 0) is 0 Å². The largest absolute Gasteiger partial charge is 0.104 e. The molecule has 0 heterocycles. The highest BCUT2D eigenvalue weighted by molar-refractivity contribution is 7.58. The van der Waals surface area contributed by atoms with E-state index < -0.39 is 0 Å². The van der Waals surface area contributed by atoms with E-state index in [0.29, 0.717) is 7.92 Å². The molecule has 0 bridgehead atoms. The molecule has 0 aromatic carbocycles. The summed E-state index contributed by atoms with van der Waals surface area (Å²) in [6, 6.07) is 0. The van der Waals surface area contributed by atoms with Crippen molar-refractivity contribution in [3.63, 3.8) is 0 Å². The zero-order valence-corrected chi connectivity index (χ0v) is 9.15. The van der Waals surface area contributed by atoms with E-state index >= 15 is 0 Å². The Morgan fingerprint density at radius 3 is 1.42 bits per heavy atom. The van der Waals surface area contributed by atoms with Gasteiger partial charge < -0.3 is 0 Å². The maximum atomic E-state index is 2.58. The molecule has 0 amide bonds. The number of hydrogen-bond donors (Lipinski definition) is 0. The van der Waals surface area contributed by atoms with Gasteiger partial charge in [-0.2, -0.15) is 0 Å². The van der Waals surface area contributed by atoms with Gasteiger partial charge in [0.15, 0.2) is 0 Å². The van der Waals surface area contributed by atoms with E-state index in [1.54, 1.807) is 25.7 Å². The zero-order chi connectivity index (χ0) is 8.39. The maximum Gasteiger partial charge on any atom is -0.0209 e. The van der Waals surface area contributed by atoms with Gasteiger partial charge in [0.1, 0.15) is 0 Å². The predicted molar refractivity (Wildman–Crippen MR) is 57.4 cm³/mol. The Hall–Kier alpha value is 0.430. The molecule has 0 aromatic rings. The molecule has 0 aromatic heterocycles. The van der Waals surface area contributed by atoms with Crippen molar-refractivity contribution in [3.05, 3.63) is 0 Å². The number of hydrogen-bond acceptors (Lipinski definition) is 0. The Kier molecular flexibility index (Phi) is 3.07. The third-order valence-corrected chi connectivity index (χ3v) is 7.14. The molecular weight excluding hydrogens is 163 g/mol. The Labute approximate surface area is 77.9 Å². The molecule has 2 rings (SSSR count). The maximum absolute atomic E-state index is 2.58. The summed E-state index contributed by atoms with van der Waals surface area (Å²) in [6.45, 7) is 2.58. The van der Waals surface area contributed by atoms with Crippen LogP contribution in [0, 0.1) is 0 Å². The van der Waals surface area contributed by atoms with E-state index in [2.05, 4.69) is 6.66 Å². The highest BCUT2D eigenvalue weighted by Gasteiger charge is 2.28. The minimum Gasteiger partial charge on any atom is -0.104 e. The summed E-state index contributed by atoms with van der Waals surface area (Å²) in [7, 11) is 0.417. The van der Waals surface area contributed by atoms with E-state index in [9.17, 15) is 0 Å². The van der Waals surface area contributed by atoms with Crippen molar-refractivity contribution in [2.45, 2.75) is 62.7 Å². The first-order valence-corrected chi connectivity index (χ1v) is 7.52. The monoisotopic (exact) mass is 184 g/mol. The molecule has 70 valence electrons. The molecule has 2 aliphatic carbocycles. The van der Waals surface area contributed by atoms with Gasteiger partial charge in [-0.1, -0.05) is 25.7 Å². The van der Waals surface area contributed by atoms with Crippen LogP contribution in [0.3, 0.4) is 0 Å². The van der Waals surface area contributed by atoms with E-state index in [4.69, 9.17) is 0 Å². The van der Waals surface area contributed by atoms with E-state index in [-0.39, 0.29) is 0 Å². The molecule has 0 spiro atoms. The van der Waals surface area contributed by atoms with Gasteiger partial charge in [-0.25, -0.2) is 0 Å². The third-order valence-electron chi connectivity index (χ3n) is 3.80. The molecule has 0 N–H and O–H groups in total. The highest BCUT2D eigenvalue weighted by atomic mass is 31.1. The van der Waals surface area contributed by atoms with Crippen LogP contribution in [-0.4, -0.2) is 18.0 Å². The predicted octanol–water partition coefficient (Wildman–Crippen LogP) is 3.98. The molecule has 12 heavy (non-hydrogen) atoms. The highest BCUT2D eigenvalue weighted by Crippen LogP contribution is 2.54. The zero-order valence-electron chi connectivity index (χ0n) is 8.26. The van der Waals surface area contributed by atoms with Crippen LogP contribution in [0.5, 0.6) is 0 Å². The molecule has 0 unspecified atom stereocenters. The Bertz CT molecular complexity index is 116. The van der Waals surface area contributed by atoms with Gasteiger partial charge in [0, 0.05) is 0 Å². The van der Waals surface area contributed by atoms with Crippen molar-refractivity contribution < 1.29 is 0 Å². The molecule has 2 aliphatic rings. The molecule has 2 fully saturated rings. The summed E-state index contributed by atoms with van der Waals surface area (Å²) in [5, 5.41) is 0. The second-order valence-electron chi connectivity index (χ2n) is 4.54. The molecule has 0 nitrogen and oxygen atoms in total. The molecule has 1 heteroatoms. The van der Waals surface area contributed by atoms with Crippen LogP contribution in [0.4, 0.5) is 0 Å². The van der Waals surface area contributed by atoms with Crippen LogP contribution in [0.15, 0.2) is 0 Å². The average Bonchev–Trinajstić information content (AvgIpc) is 2.77. The molecule has 0 radical (unpaired) electrons. The van der Waals surface area contributed by atoms with Gasteiger partial charge in [-0.05, 0) is 43.7 Å². The second kappa shape index (κ2) is 4.09. The third kappa shape index (κ3) is 1.84. The van der Waals surface area contributed by atoms with E-state index in [0.717, 1.165) is 0 Å². The molecule has 0 saturated heterocycles. The van der Waals surface area contributed by atoms with Crippen molar-refractivity contribution in [2.24, 2.45) is 0 Å². The molecular formula is C11H21P. The Morgan fingerprint density at radius 1 is 0.750 bits per heavy atom. The summed E-state index contributed by atoms with van der Waals surface area (Å²) >= 11 is 0. The fraction of sp³-hybridized carbons (Fsp3) is 1.00. The normalized spacial score (nSPS) is 27.5. The van der Waals surface area contributed by atoms with E-state index in [1.165, 1.54) is 37.0 Å². The van der Waals surface area contributed by atoms with Gasteiger partial charge in [0.25, 0.3) is 0 Å². The lowest BCUT2D eigenvalue weighted by molar-refractivity contribution is 0.832. The fourth-order valence-corrected chi connectivity index (χ4v) is 5.88. The first-order valence-electron chi connectivity index (χ1n) is 5.60. The van der Waals surface area contributed by atoms with Gasteiger partial charge in [-0.15, -0.1) is 7.92 Å². The topological polar surface area (TPSA) is 0 Å². The SMILES string of the molecule is CP(C1CCCC1)C1CCCC1. The van der Waals surface area contributed by atoms with Crippen molar-refractivity contribution in [1.29, 1.82) is 0 Å². The molecule has 2 saturated carbocycles. The minimum atomic E-state index is 0.417.